The number of hydrogen-bond donors (Lipinski definition) is 3. The lowest BCUT2D eigenvalue weighted by atomic mass is 9.74. The molecule has 8 nitrogen and oxygen atoms in total. The number of nitrogens with one attached hydrogen (secondary N) is 1. The van der Waals surface area contributed by atoms with Gasteiger partial charge in [0.25, 0.3) is 11.6 Å². The fourth-order valence-electron chi connectivity index (χ4n) is 5.15. The van der Waals surface area contributed by atoms with E-state index >= 15 is 0 Å². The molecule has 5 rings (SSSR count). The Hall–Kier alpha value is -3.90. The summed E-state index contributed by atoms with van der Waals surface area (Å²) < 4.78 is 44.3. The van der Waals surface area contributed by atoms with Crippen LogP contribution in [0.4, 0.5) is 24.5 Å². The third-order valence-corrected chi connectivity index (χ3v) is 7.68. The Morgan fingerprint density at radius 3 is 2.46 bits per heavy atom. The first-order valence-electron chi connectivity index (χ1n) is 12.8. The minimum atomic E-state index is -5.10. The number of halogens is 4. The van der Waals surface area contributed by atoms with Gasteiger partial charge in [0, 0.05) is 41.8 Å². The molecule has 1 fully saturated rings. The average molecular weight is 588 g/mol. The molecule has 41 heavy (non-hydrogen) atoms. The van der Waals surface area contributed by atoms with E-state index in [4.69, 9.17) is 11.6 Å². The Morgan fingerprint density at radius 2 is 1.76 bits per heavy atom. The van der Waals surface area contributed by atoms with Gasteiger partial charge in [-0.3, -0.25) is 4.79 Å². The summed E-state index contributed by atoms with van der Waals surface area (Å²) in [6, 6.07) is 18.9. The van der Waals surface area contributed by atoms with E-state index in [1.165, 1.54) is 23.2 Å². The summed E-state index contributed by atoms with van der Waals surface area (Å²) >= 11 is 6.40. The van der Waals surface area contributed by atoms with Gasteiger partial charge in [0.2, 0.25) is 0 Å². The van der Waals surface area contributed by atoms with E-state index < -0.39 is 22.9 Å². The lowest BCUT2D eigenvalue weighted by Gasteiger charge is -2.40. The van der Waals surface area contributed by atoms with Gasteiger partial charge in [-0.15, -0.1) is 23.6 Å². The van der Waals surface area contributed by atoms with Crippen molar-refractivity contribution >= 4 is 39.8 Å². The third kappa shape index (κ3) is 6.08. The number of pyridine rings is 1. The van der Waals surface area contributed by atoms with Crippen LogP contribution in [0.3, 0.4) is 0 Å². The molecule has 2 heterocycles. The molecule has 1 saturated heterocycles. The van der Waals surface area contributed by atoms with E-state index in [1.807, 2.05) is 18.2 Å². The minimum absolute atomic E-state index is 0.0728. The van der Waals surface area contributed by atoms with Crippen LogP contribution < -0.4 is 15.1 Å². The monoisotopic (exact) mass is 587 g/mol. The van der Waals surface area contributed by atoms with Crippen LogP contribution in [0.1, 0.15) is 35.7 Å². The summed E-state index contributed by atoms with van der Waals surface area (Å²) in [6.07, 6.45) is -2.50. The number of likely N-dealkylation sites (tertiary alicyclic amines) is 1. The van der Waals surface area contributed by atoms with Crippen molar-refractivity contribution in [3.05, 3.63) is 95.1 Å². The second-order valence-electron chi connectivity index (χ2n) is 10.2. The normalized spacial score (nSPS) is 15.5. The summed E-state index contributed by atoms with van der Waals surface area (Å²) in [7, 11) is 0. The Bertz CT molecular complexity index is 1580. The highest BCUT2D eigenvalue weighted by molar-refractivity contribution is 6.31. The fourth-order valence-corrected chi connectivity index (χ4v) is 5.52. The zero-order valence-corrected chi connectivity index (χ0v) is 22.7. The summed E-state index contributed by atoms with van der Waals surface area (Å²) in [6.45, 7) is 2.65. The molecule has 1 amide bonds. The maximum absolute atomic E-state index is 13.4. The number of alkyl halides is 3. The highest BCUT2D eigenvalue weighted by Gasteiger charge is 2.38. The van der Waals surface area contributed by atoms with Crippen LogP contribution in [0.25, 0.3) is 10.9 Å². The van der Waals surface area contributed by atoms with Crippen LogP contribution in [-0.4, -0.2) is 45.7 Å². The number of benzene rings is 3. The number of fused-ring (bicyclic) bond motifs is 1. The molecule has 3 N–H and O–H groups in total. The van der Waals surface area contributed by atoms with Crippen LogP contribution in [0.15, 0.2) is 79.0 Å². The van der Waals surface area contributed by atoms with Crippen molar-refractivity contribution in [2.75, 3.05) is 18.5 Å². The molecule has 0 bridgehead atoms. The number of carbonyl (C=O) groups excluding carboxylic acids is 1. The van der Waals surface area contributed by atoms with E-state index in [2.05, 4.69) is 22.1 Å². The fraction of sp³-hybridized carbons (Fsp3) is 0.241. The molecule has 1 aliphatic heterocycles. The predicted molar refractivity (Wildman–Crippen MR) is 148 cm³/mol. The first kappa shape index (κ1) is 28.6. The molecule has 0 saturated carbocycles. The molecular weight excluding hydrogens is 561 g/mol. The van der Waals surface area contributed by atoms with E-state index in [9.17, 15) is 28.4 Å². The molecule has 1 aromatic heterocycles. The number of nitrogens with zero attached hydrogens (tertiary/aromatic N) is 3. The van der Waals surface area contributed by atoms with Gasteiger partial charge in [0.05, 0.1) is 16.2 Å². The lowest BCUT2D eigenvalue weighted by molar-refractivity contribution is -0.274. The molecule has 0 radical (unpaired) electrons. The summed E-state index contributed by atoms with van der Waals surface area (Å²) in [5.41, 5.74) is 2.75. The number of carbonyl (C=O) groups is 1. The largest absolute Gasteiger partial charge is 0.573 e. The maximum atomic E-state index is 13.4. The van der Waals surface area contributed by atoms with Crippen LogP contribution in [0.2, 0.25) is 5.02 Å². The summed E-state index contributed by atoms with van der Waals surface area (Å²) in [5, 5.41) is 22.8. The smallest absolute Gasteiger partial charge is 0.405 e. The molecule has 12 heteroatoms. The van der Waals surface area contributed by atoms with Gasteiger partial charge >= 0.3 is 6.36 Å². The van der Waals surface area contributed by atoms with Gasteiger partial charge in [0.15, 0.2) is 0 Å². The maximum Gasteiger partial charge on any atom is 0.573 e. The standard InChI is InChI=1S/C29H26ClF3N4O4/c1-28(22-8-2-3-9-23(22)30)13-16-36(17-14-28)27(38)21-12-11-20(18-25(21)41-29(31,32)33)35-37(39,40)24-10-4-6-19-7-5-15-34-26(19)24/h2-12,15,18,39-40H,13-14,16-17H2,1H3/p+1. The molecule has 1 aliphatic rings. The van der Waals surface area contributed by atoms with Crippen molar-refractivity contribution in [2.24, 2.45) is 0 Å². The molecule has 0 aliphatic carbocycles. The second kappa shape index (κ2) is 10.8. The molecule has 214 valence electrons. The Morgan fingerprint density at radius 1 is 1.05 bits per heavy atom. The number of ether oxygens (including phenoxy) is 1. The topological polar surface area (TPSA) is 94.9 Å². The van der Waals surface area contributed by atoms with Crippen LogP contribution in [-0.2, 0) is 5.41 Å². The van der Waals surface area contributed by atoms with Gasteiger partial charge in [-0.25, -0.2) is 4.98 Å². The van der Waals surface area contributed by atoms with E-state index in [-0.39, 0.29) is 27.9 Å². The number of quaternary nitrogens is 1. The summed E-state index contributed by atoms with van der Waals surface area (Å²) in [4.78, 5) is 17.1. The van der Waals surface area contributed by atoms with E-state index in [1.54, 1.807) is 30.3 Å². The minimum Gasteiger partial charge on any atom is -0.405 e. The number of piperidine rings is 1. The highest BCUT2D eigenvalue weighted by atomic mass is 35.5. The zero-order chi connectivity index (χ0) is 29.4. The number of hydrogen-bond acceptors (Lipinski definition) is 6. The number of aromatic nitrogens is 1. The van der Waals surface area contributed by atoms with Crippen molar-refractivity contribution in [3.63, 3.8) is 0 Å². The van der Waals surface area contributed by atoms with Gasteiger partial charge in [-0.05, 0) is 48.1 Å². The van der Waals surface area contributed by atoms with Crippen LogP contribution in [0, 0.1) is 0 Å². The predicted octanol–water partition coefficient (Wildman–Crippen LogP) is 7.09. The van der Waals surface area contributed by atoms with E-state index in [0.29, 0.717) is 36.3 Å². The molecule has 4 aromatic rings. The van der Waals surface area contributed by atoms with Crippen LogP contribution in [0.5, 0.6) is 5.75 Å². The van der Waals surface area contributed by atoms with E-state index in [0.717, 1.165) is 17.7 Å². The van der Waals surface area contributed by atoms with Crippen molar-refractivity contribution in [1.29, 1.82) is 0 Å². The Balaban J connectivity index is 1.40. The van der Waals surface area contributed by atoms with Crippen molar-refractivity contribution in [1.82, 2.24) is 14.8 Å². The van der Waals surface area contributed by atoms with Crippen molar-refractivity contribution in [3.8, 4) is 5.75 Å². The molecule has 0 atom stereocenters. The number of rotatable bonds is 6. The first-order chi connectivity index (χ1) is 19.4. The molecule has 3 aromatic carbocycles. The quantitative estimate of drug-likeness (QED) is 0.165. The van der Waals surface area contributed by atoms with Crippen LogP contribution >= 0.6 is 11.6 Å². The summed E-state index contributed by atoms with van der Waals surface area (Å²) in [5.74, 6) is -1.41. The first-order valence-corrected chi connectivity index (χ1v) is 13.2. The van der Waals surface area contributed by atoms with Crippen molar-refractivity contribution < 1.29 is 33.1 Å². The SMILES string of the molecule is CC1(c2ccccc2Cl)CCN(C(=O)c2ccc(N[N+](O)(O)c3cccc4cccnc34)cc2OC(F)(F)F)CC1. The average Bonchev–Trinajstić information content (AvgIpc) is 2.92. The zero-order valence-electron chi connectivity index (χ0n) is 21.9. The molecular formula is C29H27ClF3N4O4+. The Kier molecular flexibility index (Phi) is 7.56. The Labute approximate surface area is 238 Å². The van der Waals surface area contributed by atoms with Gasteiger partial charge < -0.3 is 9.64 Å². The number of amides is 1. The van der Waals surface area contributed by atoms with Crippen molar-refractivity contribution in [2.45, 2.75) is 31.5 Å². The number of anilines is 1. The molecule has 0 spiro atoms. The van der Waals surface area contributed by atoms with Gasteiger partial charge in [0.1, 0.15) is 11.3 Å². The molecule has 0 unspecified atom stereocenters. The highest BCUT2D eigenvalue weighted by Crippen LogP contribution is 2.40. The van der Waals surface area contributed by atoms with Gasteiger partial charge in [-0.1, -0.05) is 54.9 Å². The third-order valence-electron chi connectivity index (χ3n) is 7.35. The second-order valence-corrected chi connectivity index (χ2v) is 10.6. The lowest BCUT2D eigenvalue weighted by Crippen LogP contribution is -2.48. The number of para-hydroxylation sites is 1. The van der Waals surface area contributed by atoms with Gasteiger partial charge in [-0.2, -0.15) is 5.43 Å².